The van der Waals surface area contributed by atoms with Gasteiger partial charge in [0.2, 0.25) is 11.8 Å². The minimum absolute atomic E-state index is 0.0161. The van der Waals surface area contributed by atoms with Gasteiger partial charge in [0.05, 0.1) is 24.9 Å². The molecule has 2 N–H and O–H groups in total. The molecule has 9 heteroatoms. The molecule has 0 aliphatic carbocycles. The molecule has 178 valence electrons. The number of carbonyl (C=O) groups excluding carboxylic acids is 2. The van der Waals surface area contributed by atoms with E-state index in [0.29, 0.717) is 17.4 Å². The average Bonchev–Trinajstić information content (AvgIpc) is 3.15. The molecule has 3 aromatic carbocycles. The zero-order chi connectivity index (χ0) is 24.8. The molecule has 0 spiro atoms. The van der Waals surface area contributed by atoms with Crippen LogP contribution in [0.1, 0.15) is 22.3 Å². The number of thioether (sulfide) groups is 1. The van der Waals surface area contributed by atoms with E-state index in [-0.39, 0.29) is 23.8 Å². The first-order valence-corrected chi connectivity index (χ1v) is 11.7. The molecule has 1 saturated heterocycles. The molecule has 1 heterocycles. The van der Waals surface area contributed by atoms with Crippen molar-refractivity contribution in [1.29, 1.82) is 0 Å². The lowest BCUT2D eigenvalue weighted by Gasteiger charge is -2.16. The maximum atomic E-state index is 13.1. The van der Waals surface area contributed by atoms with E-state index in [9.17, 15) is 14.4 Å². The van der Waals surface area contributed by atoms with Gasteiger partial charge in [-0.3, -0.25) is 14.6 Å². The number of nitrogens with one attached hydrogen (secondary N) is 1. The second kappa shape index (κ2) is 10.9. The number of para-hydroxylation sites is 1. The fourth-order valence-corrected chi connectivity index (χ4v) is 4.52. The molecule has 2 amide bonds. The first kappa shape index (κ1) is 24.0. The van der Waals surface area contributed by atoms with Crippen LogP contribution in [0.2, 0.25) is 0 Å². The van der Waals surface area contributed by atoms with Crippen LogP contribution in [-0.4, -0.2) is 40.4 Å². The highest BCUT2D eigenvalue weighted by molar-refractivity contribution is 8.15. The first-order valence-electron chi connectivity index (χ1n) is 10.8. The van der Waals surface area contributed by atoms with E-state index in [4.69, 9.17) is 9.84 Å². The van der Waals surface area contributed by atoms with Crippen LogP contribution in [0.5, 0.6) is 5.75 Å². The van der Waals surface area contributed by atoms with Crippen LogP contribution < -0.4 is 15.0 Å². The van der Waals surface area contributed by atoms with Crippen molar-refractivity contribution in [1.82, 2.24) is 0 Å². The zero-order valence-electron chi connectivity index (χ0n) is 18.9. The molecule has 0 radical (unpaired) electrons. The summed E-state index contributed by atoms with van der Waals surface area (Å²) in [5.41, 5.74) is 2.21. The van der Waals surface area contributed by atoms with E-state index in [0.717, 1.165) is 21.9 Å². The molecular formula is C26H23N3O5S. The fraction of sp³-hybridized carbons (Fsp3) is 0.154. The van der Waals surface area contributed by atoms with Crippen molar-refractivity contribution in [2.24, 2.45) is 4.99 Å². The van der Waals surface area contributed by atoms with Gasteiger partial charge in [0.1, 0.15) is 11.0 Å². The lowest BCUT2D eigenvalue weighted by Crippen LogP contribution is -2.31. The summed E-state index contributed by atoms with van der Waals surface area (Å²) in [4.78, 5) is 42.7. The third-order valence-electron chi connectivity index (χ3n) is 5.32. The van der Waals surface area contributed by atoms with Crippen molar-refractivity contribution in [3.05, 3.63) is 90.0 Å². The van der Waals surface area contributed by atoms with Gasteiger partial charge in [-0.15, -0.1) is 0 Å². The predicted octanol–water partition coefficient (Wildman–Crippen LogP) is 4.43. The van der Waals surface area contributed by atoms with Gasteiger partial charge < -0.3 is 15.2 Å². The number of carboxylic acid groups (broad SMARTS) is 1. The van der Waals surface area contributed by atoms with E-state index >= 15 is 0 Å². The van der Waals surface area contributed by atoms with E-state index in [1.165, 1.54) is 36.0 Å². The van der Waals surface area contributed by atoms with Gasteiger partial charge in [0.15, 0.2) is 5.17 Å². The number of hydrogen-bond donors (Lipinski definition) is 2. The standard InChI is InChI=1S/C26H23N3O5S/c1-34-21-13-7-17(8-14-21)16-27-26(28-19-5-3-2-4-6-19)35-22-15-23(30)29(24(22)31)20-11-9-18(10-12-20)25(32)33/h2-14,22H,15-16H2,1H3,(H,27,28)(H,32,33). The number of hydrogen-bond acceptors (Lipinski definition) is 6. The monoisotopic (exact) mass is 489 g/mol. The van der Waals surface area contributed by atoms with Crippen molar-refractivity contribution in [2.75, 3.05) is 17.3 Å². The summed E-state index contributed by atoms with van der Waals surface area (Å²) < 4.78 is 5.19. The number of rotatable bonds is 7. The Bertz CT molecular complexity index is 1240. The van der Waals surface area contributed by atoms with Crippen molar-refractivity contribution in [2.45, 2.75) is 18.2 Å². The topological polar surface area (TPSA) is 108 Å². The van der Waals surface area contributed by atoms with Gasteiger partial charge >= 0.3 is 5.97 Å². The SMILES string of the molecule is COc1ccc(CN=C(Nc2ccccc2)SC2CC(=O)N(c3ccc(C(=O)O)cc3)C2=O)cc1. The Balaban J connectivity index is 1.52. The van der Waals surface area contributed by atoms with Crippen LogP contribution in [0.4, 0.5) is 11.4 Å². The summed E-state index contributed by atoms with van der Waals surface area (Å²) in [5, 5.41) is 12.2. The van der Waals surface area contributed by atoms with Gasteiger partial charge in [-0.2, -0.15) is 0 Å². The first-order chi connectivity index (χ1) is 16.9. The number of nitrogens with zero attached hydrogens (tertiary/aromatic N) is 2. The van der Waals surface area contributed by atoms with Gasteiger partial charge in [0.25, 0.3) is 0 Å². The molecule has 1 aliphatic rings. The number of benzene rings is 3. The molecule has 0 aromatic heterocycles. The van der Waals surface area contributed by atoms with E-state index in [2.05, 4.69) is 10.3 Å². The number of aromatic carboxylic acids is 1. The molecule has 1 fully saturated rings. The summed E-state index contributed by atoms with van der Waals surface area (Å²) in [7, 11) is 1.61. The van der Waals surface area contributed by atoms with Gasteiger partial charge in [-0.05, 0) is 54.1 Å². The maximum absolute atomic E-state index is 13.1. The lowest BCUT2D eigenvalue weighted by molar-refractivity contribution is -0.121. The largest absolute Gasteiger partial charge is 0.497 e. The zero-order valence-corrected chi connectivity index (χ0v) is 19.7. The molecule has 0 bridgehead atoms. The highest BCUT2D eigenvalue weighted by Crippen LogP contribution is 2.31. The van der Waals surface area contributed by atoms with Crippen LogP contribution >= 0.6 is 11.8 Å². The molecule has 35 heavy (non-hydrogen) atoms. The van der Waals surface area contributed by atoms with Crippen molar-refractivity contribution < 1.29 is 24.2 Å². The Morgan fingerprint density at radius 1 is 1.06 bits per heavy atom. The van der Waals surface area contributed by atoms with Crippen molar-refractivity contribution >= 4 is 46.1 Å². The molecular weight excluding hydrogens is 466 g/mol. The minimum Gasteiger partial charge on any atom is -0.497 e. The number of carbonyl (C=O) groups is 3. The smallest absolute Gasteiger partial charge is 0.335 e. The summed E-state index contributed by atoms with van der Waals surface area (Å²) in [6, 6.07) is 22.7. The predicted molar refractivity (Wildman–Crippen MR) is 136 cm³/mol. The molecule has 4 rings (SSSR count). The Kier molecular flexibility index (Phi) is 7.47. The Hall–Kier alpha value is -4.11. The minimum atomic E-state index is -1.08. The lowest BCUT2D eigenvalue weighted by atomic mass is 10.2. The van der Waals surface area contributed by atoms with Crippen LogP contribution in [0, 0.1) is 0 Å². The number of amidine groups is 1. The van der Waals surface area contributed by atoms with Crippen LogP contribution in [0.25, 0.3) is 0 Å². The molecule has 1 aliphatic heterocycles. The molecule has 3 aromatic rings. The normalized spacial score (nSPS) is 15.9. The summed E-state index contributed by atoms with van der Waals surface area (Å²) in [5.74, 6) is -1.03. The van der Waals surface area contributed by atoms with Crippen molar-refractivity contribution in [3.8, 4) is 5.75 Å². The number of imide groups is 1. The van der Waals surface area contributed by atoms with Crippen molar-refractivity contribution in [3.63, 3.8) is 0 Å². The molecule has 0 saturated carbocycles. The van der Waals surface area contributed by atoms with E-state index in [1.54, 1.807) is 7.11 Å². The number of amides is 2. The quantitative estimate of drug-likeness (QED) is 0.287. The summed E-state index contributed by atoms with van der Waals surface area (Å²) in [6.07, 6.45) is 0.0161. The number of anilines is 2. The van der Waals surface area contributed by atoms with Crippen LogP contribution in [0.15, 0.2) is 83.9 Å². The van der Waals surface area contributed by atoms with Crippen LogP contribution in [-0.2, 0) is 16.1 Å². The number of ether oxygens (including phenoxy) is 1. The number of methoxy groups -OCH3 is 1. The van der Waals surface area contributed by atoms with Gasteiger partial charge in [-0.1, -0.05) is 42.1 Å². The summed E-state index contributed by atoms with van der Waals surface area (Å²) in [6.45, 7) is 0.376. The fourth-order valence-electron chi connectivity index (χ4n) is 3.50. The van der Waals surface area contributed by atoms with E-state index < -0.39 is 11.2 Å². The summed E-state index contributed by atoms with van der Waals surface area (Å²) >= 11 is 1.20. The Morgan fingerprint density at radius 2 is 1.74 bits per heavy atom. The maximum Gasteiger partial charge on any atom is 0.335 e. The highest BCUT2D eigenvalue weighted by atomic mass is 32.2. The van der Waals surface area contributed by atoms with Gasteiger partial charge in [0, 0.05) is 12.1 Å². The number of carboxylic acids is 1. The van der Waals surface area contributed by atoms with Gasteiger partial charge in [-0.25, -0.2) is 9.69 Å². The Labute approximate surface area is 206 Å². The molecule has 8 nitrogen and oxygen atoms in total. The third-order valence-corrected chi connectivity index (χ3v) is 6.43. The number of aliphatic imine (C=N–C) groups is 1. The molecule has 1 unspecified atom stereocenters. The second-order valence-electron chi connectivity index (χ2n) is 7.69. The second-order valence-corrected chi connectivity index (χ2v) is 8.88. The Morgan fingerprint density at radius 3 is 2.37 bits per heavy atom. The van der Waals surface area contributed by atoms with E-state index in [1.807, 2.05) is 54.6 Å². The van der Waals surface area contributed by atoms with Crippen LogP contribution in [0.3, 0.4) is 0 Å². The molecule has 1 atom stereocenters. The highest BCUT2D eigenvalue weighted by Gasteiger charge is 2.40. The third kappa shape index (κ3) is 5.88. The average molecular weight is 490 g/mol.